The van der Waals surface area contributed by atoms with Gasteiger partial charge in [0.05, 0.1) is 18.1 Å². The van der Waals surface area contributed by atoms with Crippen molar-refractivity contribution in [3.63, 3.8) is 0 Å². The lowest BCUT2D eigenvalue weighted by molar-refractivity contribution is 0.476. The maximum Gasteiger partial charge on any atom is 0.204 e. The van der Waals surface area contributed by atoms with Crippen LogP contribution in [0.5, 0.6) is 5.75 Å². The van der Waals surface area contributed by atoms with Crippen LogP contribution in [0.1, 0.15) is 5.56 Å². The summed E-state index contributed by atoms with van der Waals surface area (Å²) in [5, 5.41) is 17.1. The summed E-state index contributed by atoms with van der Waals surface area (Å²) in [5.74, 6) is -0.0307. The van der Waals surface area contributed by atoms with E-state index in [4.69, 9.17) is 0 Å². The van der Waals surface area contributed by atoms with E-state index in [1.165, 1.54) is 6.20 Å². The first kappa shape index (κ1) is 10.5. The van der Waals surface area contributed by atoms with Gasteiger partial charge in [-0.2, -0.15) is 5.10 Å². The molecule has 0 saturated heterocycles. The Hall–Kier alpha value is -2.63. The van der Waals surface area contributed by atoms with E-state index in [9.17, 15) is 5.11 Å². The van der Waals surface area contributed by atoms with Crippen molar-refractivity contribution in [3.8, 4) is 17.1 Å². The van der Waals surface area contributed by atoms with Gasteiger partial charge in [0, 0.05) is 6.20 Å². The van der Waals surface area contributed by atoms with Crippen LogP contribution in [0.4, 0.5) is 0 Å². The van der Waals surface area contributed by atoms with E-state index in [2.05, 4.69) is 25.1 Å². The first-order chi connectivity index (χ1) is 8.75. The number of pyridine rings is 1. The van der Waals surface area contributed by atoms with Crippen LogP contribution in [-0.4, -0.2) is 30.3 Å². The summed E-state index contributed by atoms with van der Waals surface area (Å²) in [7, 11) is 0. The molecule has 3 rings (SSSR count). The number of nitrogens with zero attached hydrogens (tertiary/aromatic N) is 5. The highest BCUT2D eigenvalue weighted by atomic mass is 16.3. The maximum atomic E-state index is 9.57. The molecule has 0 aromatic carbocycles. The lowest BCUT2D eigenvalue weighted by Crippen LogP contribution is -1.95. The molecule has 6 heteroatoms. The monoisotopic (exact) mass is 239 g/mol. The van der Waals surface area contributed by atoms with Gasteiger partial charge in [0.15, 0.2) is 11.3 Å². The van der Waals surface area contributed by atoms with Gasteiger partial charge >= 0.3 is 0 Å². The zero-order valence-electron chi connectivity index (χ0n) is 9.57. The molecule has 0 unspecified atom stereocenters. The van der Waals surface area contributed by atoms with Gasteiger partial charge in [-0.25, -0.2) is 9.97 Å². The maximum absolute atomic E-state index is 9.57. The summed E-state index contributed by atoms with van der Waals surface area (Å²) in [6.07, 6.45) is 4.50. The Bertz CT molecular complexity index is 728. The Labute approximate surface area is 102 Å². The lowest BCUT2D eigenvalue weighted by Gasteiger charge is -2.04. The zero-order valence-corrected chi connectivity index (χ0v) is 9.57. The fourth-order valence-electron chi connectivity index (χ4n) is 1.70. The van der Waals surface area contributed by atoms with Crippen LogP contribution in [0.2, 0.25) is 0 Å². The number of hydrogen-bond donors (Lipinski definition) is 1. The first-order valence-corrected chi connectivity index (χ1v) is 5.35. The fourth-order valence-corrected chi connectivity index (χ4v) is 1.70. The van der Waals surface area contributed by atoms with Gasteiger partial charge in [-0.15, -0.1) is 5.10 Å². The second-order valence-electron chi connectivity index (χ2n) is 3.83. The molecule has 0 spiro atoms. The first-order valence-electron chi connectivity index (χ1n) is 5.35. The Kier molecular flexibility index (Phi) is 2.33. The number of fused-ring (bicyclic) bond motifs is 1. The van der Waals surface area contributed by atoms with E-state index < -0.39 is 0 Å². The molecule has 0 aliphatic rings. The second-order valence-corrected chi connectivity index (χ2v) is 3.83. The fraction of sp³-hybridized carbons (Fsp3) is 0.0833. The largest absolute Gasteiger partial charge is 0.504 e. The van der Waals surface area contributed by atoms with Gasteiger partial charge < -0.3 is 5.11 Å². The Morgan fingerprint density at radius 1 is 1.17 bits per heavy atom. The molecule has 3 aromatic rings. The van der Waals surface area contributed by atoms with Crippen LogP contribution in [0.3, 0.4) is 0 Å². The SMILES string of the molecule is Cc1cccnc1-c1cnc2c(O)cnnc2n1. The minimum Gasteiger partial charge on any atom is -0.504 e. The lowest BCUT2D eigenvalue weighted by atomic mass is 10.2. The highest BCUT2D eigenvalue weighted by molar-refractivity contribution is 5.77. The molecule has 0 aliphatic carbocycles. The van der Waals surface area contributed by atoms with E-state index in [1.807, 2.05) is 19.1 Å². The van der Waals surface area contributed by atoms with Gasteiger partial charge in [0.25, 0.3) is 0 Å². The third kappa shape index (κ3) is 1.64. The number of aryl methyl sites for hydroxylation is 1. The minimum absolute atomic E-state index is 0.0307. The molecular weight excluding hydrogens is 230 g/mol. The molecule has 6 nitrogen and oxygen atoms in total. The predicted molar refractivity (Wildman–Crippen MR) is 64.8 cm³/mol. The summed E-state index contributed by atoms with van der Waals surface area (Å²) in [4.78, 5) is 12.7. The molecule has 0 atom stereocenters. The number of aromatic nitrogens is 5. The number of rotatable bonds is 1. The van der Waals surface area contributed by atoms with Crippen molar-refractivity contribution in [1.82, 2.24) is 25.1 Å². The molecule has 18 heavy (non-hydrogen) atoms. The van der Waals surface area contributed by atoms with Crippen molar-refractivity contribution in [2.45, 2.75) is 6.92 Å². The molecule has 3 heterocycles. The van der Waals surface area contributed by atoms with E-state index >= 15 is 0 Å². The molecule has 0 aliphatic heterocycles. The van der Waals surface area contributed by atoms with Crippen molar-refractivity contribution < 1.29 is 5.11 Å². The van der Waals surface area contributed by atoms with Gasteiger partial charge in [-0.05, 0) is 18.6 Å². The van der Waals surface area contributed by atoms with Crippen LogP contribution in [0.15, 0.2) is 30.7 Å². The molecule has 0 saturated carbocycles. The smallest absolute Gasteiger partial charge is 0.204 e. The van der Waals surface area contributed by atoms with Gasteiger partial charge in [-0.3, -0.25) is 4.98 Å². The van der Waals surface area contributed by atoms with Crippen molar-refractivity contribution in [1.29, 1.82) is 0 Å². The summed E-state index contributed by atoms with van der Waals surface area (Å²) in [5.41, 5.74) is 3.00. The summed E-state index contributed by atoms with van der Waals surface area (Å²) in [6, 6.07) is 3.81. The number of aromatic hydroxyl groups is 1. The molecule has 1 N–H and O–H groups in total. The van der Waals surface area contributed by atoms with Gasteiger partial charge in [0.1, 0.15) is 5.69 Å². The highest BCUT2D eigenvalue weighted by Crippen LogP contribution is 2.22. The Morgan fingerprint density at radius 2 is 2.06 bits per heavy atom. The average molecular weight is 239 g/mol. The molecule has 0 bridgehead atoms. The second kappa shape index (κ2) is 3.99. The highest BCUT2D eigenvalue weighted by Gasteiger charge is 2.09. The van der Waals surface area contributed by atoms with Crippen LogP contribution in [-0.2, 0) is 0 Å². The Balaban J connectivity index is 2.23. The summed E-state index contributed by atoms with van der Waals surface area (Å²) >= 11 is 0. The Morgan fingerprint density at radius 3 is 2.89 bits per heavy atom. The van der Waals surface area contributed by atoms with E-state index in [-0.39, 0.29) is 5.75 Å². The normalized spacial score (nSPS) is 10.7. The van der Waals surface area contributed by atoms with E-state index in [0.717, 1.165) is 11.3 Å². The summed E-state index contributed by atoms with van der Waals surface area (Å²) < 4.78 is 0. The van der Waals surface area contributed by atoms with Gasteiger partial charge in [-0.1, -0.05) is 6.07 Å². The van der Waals surface area contributed by atoms with Crippen LogP contribution < -0.4 is 0 Å². The van der Waals surface area contributed by atoms with Crippen molar-refractivity contribution >= 4 is 11.2 Å². The van der Waals surface area contributed by atoms with Crippen molar-refractivity contribution in [3.05, 3.63) is 36.3 Å². The van der Waals surface area contributed by atoms with Crippen LogP contribution in [0.25, 0.3) is 22.6 Å². The van der Waals surface area contributed by atoms with E-state index in [1.54, 1.807) is 12.4 Å². The quantitative estimate of drug-likeness (QED) is 0.692. The van der Waals surface area contributed by atoms with Crippen LogP contribution in [0, 0.1) is 6.92 Å². The number of hydrogen-bond acceptors (Lipinski definition) is 6. The molecule has 3 aromatic heterocycles. The zero-order chi connectivity index (χ0) is 12.5. The molecular formula is C12H9N5O. The third-order valence-electron chi connectivity index (χ3n) is 2.58. The summed E-state index contributed by atoms with van der Waals surface area (Å²) in [6.45, 7) is 1.95. The van der Waals surface area contributed by atoms with Crippen LogP contribution >= 0.6 is 0 Å². The predicted octanol–water partition coefficient (Wildman–Crippen LogP) is 1.50. The minimum atomic E-state index is -0.0307. The van der Waals surface area contributed by atoms with Crippen molar-refractivity contribution in [2.24, 2.45) is 0 Å². The topological polar surface area (TPSA) is 84.7 Å². The molecule has 0 fully saturated rings. The average Bonchev–Trinajstić information content (AvgIpc) is 2.39. The van der Waals surface area contributed by atoms with Gasteiger partial charge in [0.2, 0.25) is 5.65 Å². The molecule has 88 valence electrons. The molecule has 0 amide bonds. The third-order valence-corrected chi connectivity index (χ3v) is 2.58. The van der Waals surface area contributed by atoms with E-state index in [0.29, 0.717) is 16.9 Å². The van der Waals surface area contributed by atoms with Crippen molar-refractivity contribution in [2.75, 3.05) is 0 Å². The molecule has 0 radical (unpaired) electrons. The standard InChI is InChI=1S/C12H9N5O/c1-7-3-2-4-13-10(7)8-5-14-11-9(18)6-15-17-12(11)16-8/h2-6H,1H3,(H,16,17,18).